The quantitative estimate of drug-likeness (QED) is 0.743. The average molecular weight is 348 g/mol. The lowest BCUT2D eigenvalue weighted by atomic mass is 10.1. The number of piperazine rings is 1. The van der Waals surface area contributed by atoms with Crippen molar-refractivity contribution in [1.29, 1.82) is 0 Å². The molecular formula is C18H24N2O3S. The molecule has 1 aromatic carbocycles. The van der Waals surface area contributed by atoms with Crippen molar-refractivity contribution >= 4 is 9.84 Å². The van der Waals surface area contributed by atoms with Gasteiger partial charge in [-0.1, -0.05) is 18.1 Å². The second-order valence-corrected chi connectivity index (χ2v) is 8.73. The summed E-state index contributed by atoms with van der Waals surface area (Å²) in [4.78, 5) is 4.76. The first-order valence-electron chi connectivity index (χ1n) is 8.38. The molecule has 0 aliphatic carbocycles. The first kappa shape index (κ1) is 17.3. The lowest BCUT2D eigenvalue weighted by Crippen LogP contribution is -2.50. The van der Waals surface area contributed by atoms with E-state index in [0.717, 1.165) is 44.9 Å². The van der Waals surface area contributed by atoms with Crippen LogP contribution in [0.15, 0.2) is 24.3 Å². The van der Waals surface area contributed by atoms with Crippen molar-refractivity contribution in [3.8, 4) is 18.1 Å². The molecule has 6 heteroatoms. The molecule has 1 atom stereocenters. The van der Waals surface area contributed by atoms with Gasteiger partial charge in [-0.15, -0.1) is 6.42 Å². The molecule has 3 rings (SSSR count). The van der Waals surface area contributed by atoms with Gasteiger partial charge < -0.3 is 4.74 Å². The van der Waals surface area contributed by atoms with Gasteiger partial charge in [0.2, 0.25) is 0 Å². The van der Waals surface area contributed by atoms with E-state index in [2.05, 4.69) is 27.9 Å². The highest BCUT2D eigenvalue weighted by atomic mass is 32.2. The summed E-state index contributed by atoms with van der Waals surface area (Å²) < 4.78 is 28.6. The van der Waals surface area contributed by atoms with E-state index in [4.69, 9.17) is 11.2 Å². The van der Waals surface area contributed by atoms with Crippen LogP contribution in [0.1, 0.15) is 12.0 Å². The second-order valence-electron chi connectivity index (χ2n) is 6.51. The maximum Gasteiger partial charge on any atom is 0.151 e. The van der Waals surface area contributed by atoms with E-state index in [1.165, 1.54) is 5.56 Å². The number of hydrogen-bond donors (Lipinski definition) is 0. The third-order valence-electron chi connectivity index (χ3n) is 4.78. The number of terminal acetylenes is 1. The number of ether oxygens (including phenoxy) is 1. The average Bonchev–Trinajstić information content (AvgIpc) is 2.95. The summed E-state index contributed by atoms with van der Waals surface area (Å²) in [5, 5.41) is 0. The van der Waals surface area contributed by atoms with Gasteiger partial charge in [0.15, 0.2) is 9.84 Å². The van der Waals surface area contributed by atoms with Gasteiger partial charge in [-0.2, -0.15) is 0 Å². The van der Waals surface area contributed by atoms with E-state index in [1.54, 1.807) is 0 Å². The molecule has 130 valence electrons. The van der Waals surface area contributed by atoms with E-state index >= 15 is 0 Å². The van der Waals surface area contributed by atoms with Gasteiger partial charge in [0.25, 0.3) is 0 Å². The van der Waals surface area contributed by atoms with Crippen LogP contribution < -0.4 is 4.74 Å². The Labute approximate surface area is 144 Å². The fourth-order valence-corrected chi connectivity index (χ4v) is 5.19. The van der Waals surface area contributed by atoms with Crippen molar-refractivity contribution in [2.75, 3.05) is 44.3 Å². The van der Waals surface area contributed by atoms with Crippen LogP contribution in [-0.4, -0.2) is 68.6 Å². The molecule has 2 fully saturated rings. The van der Waals surface area contributed by atoms with Crippen LogP contribution in [-0.2, 0) is 16.4 Å². The Bertz CT molecular complexity index is 686. The molecule has 0 amide bonds. The van der Waals surface area contributed by atoms with Gasteiger partial charge >= 0.3 is 0 Å². The molecule has 0 saturated carbocycles. The topological polar surface area (TPSA) is 49.9 Å². The molecule has 0 spiro atoms. The number of hydrogen-bond acceptors (Lipinski definition) is 5. The lowest BCUT2D eigenvalue weighted by molar-refractivity contribution is 0.100. The van der Waals surface area contributed by atoms with Gasteiger partial charge in [-0.3, -0.25) is 9.80 Å². The SMILES string of the molecule is C#CCOc1ccc(CN2CCN([C@H]3CCS(=O)(=O)C3)CC2)cc1. The number of rotatable bonds is 5. The summed E-state index contributed by atoms with van der Waals surface area (Å²) in [5.41, 5.74) is 1.25. The number of nitrogens with zero attached hydrogens (tertiary/aromatic N) is 2. The molecule has 2 aliphatic heterocycles. The van der Waals surface area contributed by atoms with Crippen LogP contribution in [0.2, 0.25) is 0 Å². The molecule has 5 nitrogen and oxygen atoms in total. The Morgan fingerprint density at radius 1 is 1.17 bits per heavy atom. The van der Waals surface area contributed by atoms with E-state index in [1.807, 2.05) is 12.1 Å². The minimum Gasteiger partial charge on any atom is -0.481 e. The molecule has 2 aliphatic rings. The summed E-state index contributed by atoms with van der Waals surface area (Å²) in [5.74, 6) is 3.94. The van der Waals surface area contributed by atoms with E-state index in [0.29, 0.717) is 11.5 Å². The maximum atomic E-state index is 11.6. The summed E-state index contributed by atoms with van der Waals surface area (Å²) in [6.45, 7) is 5.05. The molecule has 1 aromatic rings. The van der Waals surface area contributed by atoms with Crippen LogP contribution >= 0.6 is 0 Å². The van der Waals surface area contributed by atoms with Crippen LogP contribution in [0.5, 0.6) is 5.75 Å². The molecule has 0 unspecified atom stereocenters. The summed E-state index contributed by atoms with van der Waals surface area (Å²) in [6, 6.07) is 8.27. The van der Waals surface area contributed by atoms with Crippen LogP contribution in [0.4, 0.5) is 0 Å². The highest BCUT2D eigenvalue weighted by Crippen LogP contribution is 2.20. The van der Waals surface area contributed by atoms with Gasteiger partial charge in [0, 0.05) is 38.8 Å². The molecular weight excluding hydrogens is 324 g/mol. The largest absolute Gasteiger partial charge is 0.481 e. The third-order valence-corrected chi connectivity index (χ3v) is 6.53. The molecule has 24 heavy (non-hydrogen) atoms. The van der Waals surface area contributed by atoms with E-state index in [9.17, 15) is 8.42 Å². The minimum absolute atomic E-state index is 0.227. The van der Waals surface area contributed by atoms with E-state index < -0.39 is 9.84 Å². The van der Waals surface area contributed by atoms with Gasteiger partial charge in [-0.05, 0) is 24.1 Å². The van der Waals surface area contributed by atoms with Crippen LogP contribution in [0.25, 0.3) is 0 Å². The number of benzene rings is 1. The minimum atomic E-state index is -2.80. The summed E-state index contributed by atoms with van der Waals surface area (Å²) in [6.07, 6.45) is 5.98. The molecule has 2 heterocycles. The Morgan fingerprint density at radius 2 is 1.88 bits per heavy atom. The van der Waals surface area contributed by atoms with Crippen molar-refractivity contribution in [3.05, 3.63) is 29.8 Å². The molecule has 2 saturated heterocycles. The number of sulfone groups is 1. The van der Waals surface area contributed by atoms with E-state index in [-0.39, 0.29) is 12.6 Å². The normalized spacial score (nSPS) is 24.5. The van der Waals surface area contributed by atoms with Crippen molar-refractivity contribution in [1.82, 2.24) is 9.80 Å². The lowest BCUT2D eigenvalue weighted by Gasteiger charge is -2.37. The Hall–Kier alpha value is -1.55. The molecule has 0 N–H and O–H groups in total. The van der Waals surface area contributed by atoms with Crippen molar-refractivity contribution in [2.45, 2.75) is 19.0 Å². The smallest absolute Gasteiger partial charge is 0.151 e. The predicted molar refractivity (Wildman–Crippen MR) is 94.7 cm³/mol. The van der Waals surface area contributed by atoms with Crippen LogP contribution in [0, 0.1) is 12.3 Å². The maximum absolute atomic E-state index is 11.6. The van der Waals surface area contributed by atoms with Gasteiger partial charge in [0.1, 0.15) is 12.4 Å². The van der Waals surface area contributed by atoms with Crippen molar-refractivity contribution in [3.63, 3.8) is 0 Å². The standard InChI is InChI=1S/C18H24N2O3S/c1-2-12-23-18-5-3-16(4-6-18)14-19-8-10-20(11-9-19)17-7-13-24(21,22)15-17/h1,3-6,17H,7-15H2/t17-/m0/s1. The fraction of sp³-hybridized carbons (Fsp3) is 0.556. The highest BCUT2D eigenvalue weighted by Gasteiger charge is 2.33. The van der Waals surface area contributed by atoms with Crippen LogP contribution in [0.3, 0.4) is 0 Å². The fourth-order valence-electron chi connectivity index (χ4n) is 3.42. The van der Waals surface area contributed by atoms with Crippen molar-refractivity contribution in [2.24, 2.45) is 0 Å². The molecule has 0 bridgehead atoms. The van der Waals surface area contributed by atoms with Gasteiger partial charge in [-0.25, -0.2) is 8.42 Å². The van der Waals surface area contributed by atoms with Crippen molar-refractivity contribution < 1.29 is 13.2 Å². The zero-order chi connectivity index (χ0) is 17.0. The first-order valence-corrected chi connectivity index (χ1v) is 10.2. The Morgan fingerprint density at radius 3 is 2.46 bits per heavy atom. The Balaban J connectivity index is 1.46. The molecule has 0 aromatic heterocycles. The molecule has 0 radical (unpaired) electrons. The zero-order valence-corrected chi connectivity index (χ0v) is 14.7. The monoisotopic (exact) mass is 348 g/mol. The van der Waals surface area contributed by atoms with Gasteiger partial charge in [0.05, 0.1) is 11.5 Å². The summed E-state index contributed by atoms with van der Waals surface area (Å²) >= 11 is 0. The summed E-state index contributed by atoms with van der Waals surface area (Å²) in [7, 11) is -2.80. The third kappa shape index (κ3) is 4.50. The zero-order valence-electron chi connectivity index (χ0n) is 13.9. The predicted octanol–water partition coefficient (Wildman–Crippen LogP) is 1.00. The second kappa shape index (κ2) is 7.56. The Kier molecular flexibility index (Phi) is 5.44. The highest BCUT2D eigenvalue weighted by molar-refractivity contribution is 7.91. The first-order chi connectivity index (χ1) is 11.6.